The number of carbonyl (C=O) groups excluding carboxylic acids is 2. The molecule has 0 unspecified atom stereocenters. The molecule has 3 rings (SSSR count). The molecule has 9 heteroatoms. The van der Waals surface area contributed by atoms with E-state index in [4.69, 9.17) is 0 Å². The van der Waals surface area contributed by atoms with E-state index in [1.54, 1.807) is 0 Å². The fourth-order valence-corrected chi connectivity index (χ4v) is 4.16. The number of carbonyl (C=O) groups is 2. The highest BCUT2D eigenvalue weighted by Crippen LogP contribution is 2.30. The van der Waals surface area contributed by atoms with Crippen molar-refractivity contribution < 1.29 is 22.8 Å². The molecule has 1 aromatic rings. The van der Waals surface area contributed by atoms with Crippen LogP contribution in [0.3, 0.4) is 0 Å². The number of aromatic amines is 1. The first-order valence-corrected chi connectivity index (χ1v) is 10.00. The maximum Gasteiger partial charge on any atom is 0.405 e. The lowest BCUT2D eigenvalue weighted by Gasteiger charge is -2.31. The normalized spacial score (nSPS) is 19.2. The number of rotatable bonds is 6. The Bertz CT molecular complexity index is 675. The minimum atomic E-state index is -4.45. The Labute approximate surface area is 162 Å². The Morgan fingerprint density at radius 3 is 2.50 bits per heavy atom. The van der Waals surface area contributed by atoms with Gasteiger partial charge in [-0.15, -0.1) is 0 Å². The molecule has 0 aromatic carbocycles. The van der Waals surface area contributed by atoms with Gasteiger partial charge in [0.15, 0.2) is 0 Å². The third-order valence-electron chi connectivity index (χ3n) is 5.81. The van der Waals surface area contributed by atoms with Crippen molar-refractivity contribution in [2.45, 2.75) is 63.5 Å². The Kier molecular flexibility index (Phi) is 6.61. The van der Waals surface area contributed by atoms with E-state index in [-0.39, 0.29) is 17.5 Å². The molecule has 2 fully saturated rings. The largest absolute Gasteiger partial charge is 0.405 e. The lowest BCUT2D eigenvalue weighted by Crippen LogP contribution is -2.38. The summed E-state index contributed by atoms with van der Waals surface area (Å²) >= 11 is 0. The Hall–Kier alpha value is -2.06. The average molecular weight is 400 g/mol. The smallest absolute Gasteiger partial charge is 0.343 e. The zero-order valence-corrected chi connectivity index (χ0v) is 15.9. The van der Waals surface area contributed by atoms with E-state index < -0.39 is 18.6 Å². The molecule has 2 aliphatic rings. The molecule has 156 valence electrons. The van der Waals surface area contributed by atoms with Gasteiger partial charge in [0.25, 0.3) is 5.91 Å². The van der Waals surface area contributed by atoms with Crippen molar-refractivity contribution in [2.75, 3.05) is 19.6 Å². The molecule has 0 bridgehead atoms. The zero-order chi connectivity index (χ0) is 20.1. The van der Waals surface area contributed by atoms with Gasteiger partial charge in [-0.2, -0.15) is 18.3 Å². The van der Waals surface area contributed by atoms with Crippen LogP contribution in [0, 0.1) is 5.92 Å². The van der Waals surface area contributed by atoms with Crippen LogP contribution in [0.2, 0.25) is 0 Å². The number of hydrogen-bond acceptors (Lipinski definition) is 3. The minimum absolute atomic E-state index is 0.0469. The predicted octanol–water partition coefficient (Wildman–Crippen LogP) is 3.38. The number of nitrogens with zero attached hydrogens (tertiary/aromatic N) is 2. The number of H-pyrrole nitrogens is 1. The summed E-state index contributed by atoms with van der Waals surface area (Å²) in [5.74, 6) is 0.186. The van der Waals surface area contributed by atoms with Crippen LogP contribution in [0.25, 0.3) is 0 Å². The van der Waals surface area contributed by atoms with Gasteiger partial charge in [-0.05, 0) is 31.2 Å². The van der Waals surface area contributed by atoms with E-state index in [1.165, 1.54) is 31.7 Å². The summed E-state index contributed by atoms with van der Waals surface area (Å²) in [5, 5.41) is 8.41. The van der Waals surface area contributed by atoms with Gasteiger partial charge >= 0.3 is 6.18 Å². The van der Waals surface area contributed by atoms with Crippen LogP contribution in [0.4, 0.5) is 13.2 Å². The van der Waals surface area contributed by atoms with Gasteiger partial charge in [0.05, 0.1) is 0 Å². The molecule has 1 aliphatic carbocycles. The van der Waals surface area contributed by atoms with Gasteiger partial charge in [-0.1, -0.05) is 25.7 Å². The van der Waals surface area contributed by atoms with E-state index in [0.29, 0.717) is 25.4 Å². The maximum atomic E-state index is 12.4. The van der Waals surface area contributed by atoms with Crippen LogP contribution in [-0.2, 0) is 4.79 Å². The second-order valence-corrected chi connectivity index (χ2v) is 7.85. The molecular formula is C19H27F3N4O2. The molecular weight excluding hydrogens is 373 g/mol. The molecule has 28 heavy (non-hydrogen) atoms. The van der Waals surface area contributed by atoms with Crippen molar-refractivity contribution in [1.82, 2.24) is 20.4 Å². The van der Waals surface area contributed by atoms with E-state index in [9.17, 15) is 22.8 Å². The number of amides is 2. The zero-order valence-electron chi connectivity index (χ0n) is 15.9. The molecule has 1 aromatic heterocycles. The fourth-order valence-electron chi connectivity index (χ4n) is 4.16. The van der Waals surface area contributed by atoms with E-state index in [0.717, 1.165) is 25.0 Å². The van der Waals surface area contributed by atoms with E-state index in [2.05, 4.69) is 10.2 Å². The summed E-state index contributed by atoms with van der Waals surface area (Å²) in [7, 11) is 0. The first kappa shape index (κ1) is 20.7. The van der Waals surface area contributed by atoms with Gasteiger partial charge < -0.3 is 10.2 Å². The number of likely N-dealkylation sites (tertiary alicyclic amines) is 1. The Morgan fingerprint density at radius 1 is 1.18 bits per heavy atom. The topological polar surface area (TPSA) is 78.1 Å². The van der Waals surface area contributed by atoms with Crippen molar-refractivity contribution in [1.29, 1.82) is 0 Å². The monoisotopic (exact) mass is 400 g/mol. The molecule has 0 atom stereocenters. The van der Waals surface area contributed by atoms with E-state index in [1.807, 2.05) is 10.2 Å². The standard InChI is InChI=1S/C19H27F3N4O2/c20-19(21,22)12-23-18(28)16-11-15(24-25-16)14-7-9-26(10-8-14)17(27)6-5-13-3-1-2-4-13/h11,13-14H,1-10,12H2,(H,23,28)(H,24,25). The highest BCUT2D eigenvalue weighted by atomic mass is 19.4. The Morgan fingerprint density at radius 2 is 1.86 bits per heavy atom. The van der Waals surface area contributed by atoms with Crippen molar-refractivity contribution in [2.24, 2.45) is 5.92 Å². The molecule has 2 heterocycles. The van der Waals surface area contributed by atoms with E-state index >= 15 is 0 Å². The van der Waals surface area contributed by atoms with Crippen LogP contribution in [0.1, 0.15) is 73.5 Å². The molecule has 0 radical (unpaired) electrons. The maximum absolute atomic E-state index is 12.4. The SMILES string of the molecule is O=C(NCC(F)(F)F)c1cc(C2CCN(C(=O)CCC3CCCC3)CC2)[nH]n1. The third-order valence-corrected chi connectivity index (χ3v) is 5.81. The molecule has 1 aliphatic heterocycles. The van der Waals surface area contributed by atoms with Crippen molar-refractivity contribution in [3.05, 3.63) is 17.5 Å². The molecule has 1 saturated carbocycles. The average Bonchev–Trinajstić information content (AvgIpc) is 3.35. The third kappa shape index (κ3) is 5.72. The lowest BCUT2D eigenvalue weighted by atomic mass is 9.93. The summed E-state index contributed by atoms with van der Waals surface area (Å²) in [6.07, 6.45) is 3.70. The van der Waals surface area contributed by atoms with Crippen LogP contribution < -0.4 is 5.32 Å². The van der Waals surface area contributed by atoms with Crippen LogP contribution >= 0.6 is 0 Å². The first-order chi connectivity index (χ1) is 13.3. The van der Waals surface area contributed by atoms with Crippen LogP contribution in [-0.4, -0.2) is 52.7 Å². The highest BCUT2D eigenvalue weighted by Gasteiger charge is 2.29. The molecule has 2 N–H and O–H groups in total. The second kappa shape index (κ2) is 8.96. The van der Waals surface area contributed by atoms with Gasteiger partial charge in [0.2, 0.25) is 5.91 Å². The summed E-state index contributed by atoms with van der Waals surface area (Å²) in [5.41, 5.74) is 0.685. The Balaban J connectivity index is 1.44. The molecule has 1 saturated heterocycles. The lowest BCUT2D eigenvalue weighted by molar-refractivity contribution is -0.132. The summed E-state index contributed by atoms with van der Waals surface area (Å²) in [6, 6.07) is 1.51. The number of halogens is 3. The molecule has 0 spiro atoms. The fraction of sp³-hybridized carbons (Fsp3) is 0.737. The van der Waals surface area contributed by atoms with Crippen molar-refractivity contribution >= 4 is 11.8 Å². The highest BCUT2D eigenvalue weighted by molar-refractivity contribution is 5.92. The van der Waals surface area contributed by atoms with Gasteiger partial charge in [-0.25, -0.2) is 0 Å². The second-order valence-electron chi connectivity index (χ2n) is 7.85. The number of aromatic nitrogens is 2. The van der Waals surface area contributed by atoms with Crippen LogP contribution in [0.15, 0.2) is 6.07 Å². The van der Waals surface area contributed by atoms with Crippen molar-refractivity contribution in [3.63, 3.8) is 0 Å². The molecule has 6 nitrogen and oxygen atoms in total. The van der Waals surface area contributed by atoms with Crippen molar-refractivity contribution in [3.8, 4) is 0 Å². The first-order valence-electron chi connectivity index (χ1n) is 10.00. The van der Waals surface area contributed by atoms with Gasteiger partial charge in [0.1, 0.15) is 12.2 Å². The van der Waals surface area contributed by atoms with Gasteiger partial charge in [-0.3, -0.25) is 14.7 Å². The summed E-state index contributed by atoms with van der Waals surface area (Å²) in [4.78, 5) is 26.1. The predicted molar refractivity (Wildman–Crippen MR) is 96.7 cm³/mol. The van der Waals surface area contributed by atoms with Gasteiger partial charge in [0, 0.05) is 31.1 Å². The number of alkyl halides is 3. The summed E-state index contributed by atoms with van der Waals surface area (Å²) < 4.78 is 36.6. The molecule has 2 amide bonds. The van der Waals surface area contributed by atoms with Crippen LogP contribution in [0.5, 0.6) is 0 Å². The minimum Gasteiger partial charge on any atom is -0.343 e. The number of nitrogens with one attached hydrogen (secondary N) is 2. The number of hydrogen-bond donors (Lipinski definition) is 2. The quantitative estimate of drug-likeness (QED) is 0.769. The number of piperidine rings is 1. The summed E-state index contributed by atoms with van der Waals surface area (Å²) in [6.45, 7) is -0.0685.